The zero-order chi connectivity index (χ0) is 26.4. The van der Waals surface area contributed by atoms with E-state index >= 15 is 0 Å². The molecule has 0 radical (unpaired) electrons. The van der Waals surface area contributed by atoms with Crippen LogP contribution in [0, 0.1) is 11.8 Å². The van der Waals surface area contributed by atoms with Gasteiger partial charge in [-0.25, -0.2) is 17.9 Å². The Bertz CT molecular complexity index is 1190. The van der Waals surface area contributed by atoms with E-state index in [9.17, 15) is 28.2 Å². The average Bonchev–Trinajstić information content (AvgIpc) is 3.38. The van der Waals surface area contributed by atoms with E-state index in [1.165, 1.54) is 49.1 Å². The molecule has 6 atom stereocenters. The summed E-state index contributed by atoms with van der Waals surface area (Å²) in [6.45, 7) is 4.15. The fraction of sp³-hybridized carbons (Fsp3) is 0.565. The second-order valence-electron chi connectivity index (χ2n) is 9.22. The number of carbonyl (C=O) groups excluding carboxylic acids is 1. The third-order valence-electron chi connectivity index (χ3n) is 6.97. The minimum Gasteiger partial charge on any atom is -0.493 e. The van der Waals surface area contributed by atoms with Crippen molar-refractivity contribution in [1.82, 2.24) is 14.9 Å². The Morgan fingerprint density at radius 1 is 1.31 bits per heavy atom. The summed E-state index contributed by atoms with van der Waals surface area (Å²) in [6.07, 6.45) is -0.238. The molecule has 3 aliphatic heterocycles. The van der Waals surface area contributed by atoms with E-state index in [0.717, 1.165) is 0 Å². The average molecular weight is 542 g/mol. The van der Waals surface area contributed by atoms with Crippen LogP contribution < -0.4 is 19.5 Å². The molecule has 0 spiro atoms. The van der Waals surface area contributed by atoms with Crippen molar-refractivity contribution in [2.75, 3.05) is 27.3 Å². The number of hydrogen-bond donors (Lipinski definition) is 4. The molecule has 3 aliphatic rings. The fourth-order valence-electron chi connectivity index (χ4n) is 5.16. The van der Waals surface area contributed by atoms with Crippen molar-refractivity contribution in [3.63, 3.8) is 0 Å². The molecule has 2 saturated heterocycles. The molecular formula is C23H31N3O8S2. The second kappa shape index (κ2) is 10.2. The van der Waals surface area contributed by atoms with Gasteiger partial charge in [0.25, 0.3) is 0 Å². The molecule has 0 aliphatic carbocycles. The third-order valence-corrected chi connectivity index (χ3v) is 9.90. The number of rotatable bonds is 10. The Labute approximate surface area is 214 Å². The van der Waals surface area contributed by atoms with Gasteiger partial charge in [0.05, 0.1) is 37.2 Å². The molecule has 2 unspecified atom stereocenters. The van der Waals surface area contributed by atoms with Crippen molar-refractivity contribution in [2.24, 2.45) is 11.8 Å². The van der Waals surface area contributed by atoms with Crippen molar-refractivity contribution in [3.8, 4) is 11.5 Å². The van der Waals surface area contributed by atoms with Crippen LogP contribution in [0.25, 0.3) is 0 Å². The molecule has 11 nitrogen and oxygen atoms in total. The first-order valence-electron chi connectivity index (χ1n) is 11.6. The summed E-state index contributed by atoms with van der Waals surface area (Å²) >= 11 is 1.42. The summed E-state index contributed by atoms with van der Waals surface area (Å²) in [6, 6.07) is 3.86. The van der Waals surface area contributed by atoms with Crippen LogP contribution >= 0.6 is 11.8 Å². The van der Waals surface area contributed by atoms with Gasteiger partial charge in [-0.15, -0.1) is 11.8 Å². The highest BCUT2D eigenvalue weighted by Crippen LogP contribution is 2.51. The Balaban J connectivity index is 1.39. The smallest absolute Gasteiger partial charge is 0.353 e. The molecule has 4 rings (SSSR count). The lowest BCUT2D eigenvalue weighted by molar-refractivity contribution is -0.163. The van der Waals surface area contributed by atoms with E-state index in [2.05, 4.69) is 10.0 Å². The maximum Gasteiger partial charge on any atom is 0.353 e. The van der Waals surface area contributed by atoms with E-state index in [1.807, 2.05) is 6.92 Å². The van der Waals surface area contributed by atoms with Crippen molar-refractivity contribution in [1.29, 1.82) is 0 Å². The van der Waals surface area contributed by atoms with Gasteiger partial charge >= 0.3 is 5.97 Å². The number of aliphatic hydroxyl groups is 1. The zero-order valence-electron chi connectivity index (χ0n) is 20.4. The number of β-lactam (4-membered cyclic amide) rings is 1. The number of carbonyl (C=O) groups is 2. The highest BCUT2D eigenvalue weighted by atomic mass is 32.2. The molecule has 2 fully saturated rings. The number of aliphatic carboxylic acids is 1. The van der Waals surface area contributed by atoms with Gasteiger partial charge in [-0.05, 0) is 25.5 Å². The van der Waals surface area contributed by atoms with E-state index in [0.29, 0.717) is 29.4 Å². The summed E-state index contributed by atoms with van der Waals surface area (Å²) in [7, 11) is -0.886. The van der Waals surface area contributed by atoms with E-state index in [1.54, 1.807) is 6.92 Å². The van der Waals surface area contributed by atoms with Crippen LogP contribution in [0.2, 0.25) is 0 Å². The number of methoxy groups -OCH3 is 2. The highest BCUT2D eigenvalue weighted by molar-refractivity contribution is 8.03. The number of sulfonamides is 1. The largest absolute Gasteiger partial charge is 0.493 e. The molecule has 1 aromatic rings. The Morgan fingerprint density at radius 3 is 2.61 bits per heavy atom. The number of benzene rings is 1. The molecule has 1 amide bonds. The molecule has 36 heavy (non-hydrogen) atoms. The second-order valence-corrected chi connectivity index (χ2v) is 12.3. The van der Waals surface area contributed by atoms with E-state index < -0.39 is 28.0 Å². The topological polar surface area (TPSA) is 154 Å². The first kappa shape index (κ1) is 26.7. The molecule has 198 valence electrons. The molecule has 4 N–H and O–H groups in total. The molecular weight excluding hydrogens is 510 g/mol. The Morgan fingerprint density at radius 2 is 2.00 bits per heavy atom. The van der Waals surface area contributed by atoms with Gasteiger partial charge < -0.3 is 29.9 Å². The van der Waals surface area contributed by atoms with Gasteiger partial charge in [0.15, 0.2) is 11.5 Å². The lowest BCUT2D eigenvalue weighted by Crippen LogP contribution is -2.63. The fourth-order valence-corrected chi connectivity index (χ4v) is 7.78. The zero-order valence-corrected chi connectivity index (χ0v) is 22.1. The Hall–Kier alpha value is -2.32. The van der Waals surface area contributed by atoms with E-state index in [-0.39, 0.29) is 46.3 Å². The number of fused-ring (bicyclic) bond motifs is 1. The number of hydrogen-bond acceptors (Lipinski definition) is 9. The number of carboxylic acids is 1. The van der Waals surface area contributed by atoms with Crippen LogP contribution in [0.5, 0.6) is 11.5 Å². The van der Waals surface area contributed by atoms with Crippen molar-refractivity contribution >= 4 is 33.7 Å². The first-order valence-corrected chi connectivity index (χ1v) is 14.0. The predicted molar refractivity (Wildman–Crippen MR) is 132 cm³/mol. The van der Waals surface area contributed by atoms with Crippen molar-refractivity contribution in [3.05, 3.63) is 28.8 Å². The predicted octanol–water partition coefficient (Wildman–Crippen LogP) is 0.600. The summed E-state index contributed by atoms with van der Waals surface area (Å²) in [5.41, 5.74) is -0.00277. The molecule has 0 aromatic heterocycles. The van der Waals surface area contributed by atoms with Crippen LogP contribution in [0.15, 0.2) is 33.7 Å². The third kappa shape index (κ3) is 4.70. The standard InChI is InChI=1S/C23H31N3O8S2/c1-11-19-18(12(2)27)22(28)26(19)20(23(29)30)21(11)35-14-7-13(24-10-14)9-25-36(31,32)15-5-6-16(33-3)17(8-15)34-4/h5-6,8,11-14,18-19,24-25,27H,7,9-10H2,1-4H3,(H,29,30)/t11-,12-,13+,14-,18?,19?/m1/s1. The van der Waals surface area contributed by atoms with Crippen molar-refractivity contribution < 1.29 is 37.7 Å². The minimum atomic E-state index is -3.79. The monoisotopic (exact) mass is 541 g/mol. The number of carboxylic acid groups (broad SMARTS) is 1. The number of amides is 1. The number of nitrogens with one attached hydrogen (secondary N) is 2. The molecule has 0 saturated carbocycles. The lowest BCUT2D eigenvalue weighted by atomic mass is 9.79. The molecule has 3 heterocycles. The molecule has 1 aromatic carbocycles. The van der Waals surface area contributed by atoms with Gasteiger partial charge in [-0.2, -0.15) is 0 Å². The van der Waals surface area contributed by atoms with Gasteiger partial charge in [0, 0.05) is 41.3 Å². The SMILES string of the molecule is COc1ccc(S(=O)(=O)NC[C@@H]2C[C@@H](SC3=C(C(=O)O)N4C(=O)C([C@@H](C)O)C4[C@H]3C)CN2)cc1OC. The van der Waals surface area contributed by atoms with Crippen LogP contribution in [0.3, 0.4) is 0 Å². The molecule has 0 bridgehead atoms. The maximum absolute atomic E-state index is 12.8. The first-order chi connectivity index (χ1) is 17.0. The summed E-state index contributed by atoms with van der Waals surface area (Å²) in [4.78, 5) is 26.5. The minimum absolute atomic E-state index is 0.00277. The summed E-state index contributed by atoms with van der Waals surface area (Å²) in [5, 5.41) is 23.1. The number of thioether (sulfide) groups is 1. The van der Waals surface area contributed by atoms with Gasteiger partial charge in [0.1, 0.15) is 5.70 Å². The number of nitrogens with zero attached hydrogens (tertiary/aromatic N) is 1. The summed E-state index contributed by atoms with van der Waals surface area (Å²) in [5.74, 6) is -1.59. The normalized spacial score (nSPS) is 28.6. The summed E-state index contributed by atoms with van der Waals surface area (Å²) < 4.78 is 38.6. The maximum atomic E-state index is 12.8. The molecule has 13 heteroatoms. The number of ether oxygens (including phenoxy) is 2. The quantitative estimate of drug-likeness (QED) is 0.310. The Kier molecular flexibility index (Phi) is 7.58. The highest BCUT2D eigenvalue weighted by Gasteiger charge is 2.60. The van der Waals surface area contributed by atoms with Gasteiger partial charge in [-0.1, -0.05) is 6.92 Å². The van der Waals surface area contributed by atoms with Crippen LogP contribution in [0.1, 0.15) is 20.3 Å². The lowest BCUT2D eigenvalue weighted by Gasteiger charge is -2.46. The van der Waals surface area contributed by atoms with Gasteiger partial charge in [0.2, 0.25) is 15.9 Å². The van der Waals surface area contributed by atoms with Crippen molar-refractivity contribution in [2.45, 2.75) is 48.6 Å². The number of aliphatic hydroxyl groups excluding tert-OH is 1. The van der Waals surface area contributed by atoms with Crippen LogP contribution in [0.4, 0.5) is 0 Å². The van der Waals surface area contributed by atoms with E-state index in [4.69, 9.17) is 9.47 Å². The van der Waals surface area contributed by atoms with Gasteiger partial charge in [-0.3, -0.25) is 4.79 Å². The van der Waals surface area contributed by atoms with Crippen LogP contribution in [-0.2, 0) is 19.6 Å². The van der Waals surface area contributed by atoms with Crippen LogP contribution in [-0.4, -0.2) is 86.2 Å².